The van der Waals surface area contributed by atoms with E-state index in [-0.39, 0.29) is 5.41 Å². The van der Waals surface area contributed by atoms with Crippen LogP contribution in [-0.4, -0.2) is 5.78 Å². The van der Waals surface area contributed by atoms with Gasteiger partial charge in [-0.1, -0.05) is 31.1 Å². The van der Waals surface area contributed by atoms with Crippen molar-refractivity contribution < 1.29 is 4.79 Å². The summed E-state index contributed by atoms with van der Waals surface area (Å²) >= 11 is 0. The van der Waals surface area contributed by atoms with Crippen LogP contribution < -0.4 is 0 Å². The fourth-order valence-corrected chi connectivity index (χ4v) is 2.95. The number of allylic oxidation sites excluding steroid dienone is 4. The molecular weight excluding hydrogens is 184 g/mol. The zero-order valence-corrected chi connectivity index (χ0v) is 9.97. The Morgan fingerprint density at radius 2 is 2.27 bits per heavy atom. The quantitative estimate of drug-likeness (QED) is 0.596. The molecule has 2 rings (SSSR count). The molecule has 0 N–H and O–H groups in total. The summed E-state index contributed by atoms with van der Waals surface area (Å²) < 4.78 is 0. The number of rotatable bonds is 1. The van der Waals surface area contributed by atoms with E-state index in [9.17, 15) is 4.79 Å². The van der Waals surface area contributed by atoms with Gasteiger partial charge in [0.05, 0.1) is 0 Å². The largest absolute Gasteiger partial charge is 0.294 e. The first-order chi connectivity index (χ1) is 7.08. The molecule has 0 spiro atoms. The Labute approximate surface area is 92.3 Å². The minimum atomic E-state index is -0.0976. The molecule has 0 heterocycles. The maximum absolute atomic E-state index is 12.1. The van der Waals surface area contributed by atoms with Crippen LogP contribution in [0.25, 0.3) is 0 Å². The molecule has 82 valence electrons. The highest BCUT2D eigenvalue weighted by Crippen LogP contribution is 2.48. The molecule has 0 aromatic carbocycles. The first-order valence-corrected chi connectivity index (χ1v) is 5.98. The van der Waals surface area contributed by atoms with Crippen molar-refractivity contribution in [3.8, 4) is 0 Å². The summed E-state index contributed by atoms with van der Waals surface area (Å²) in [7, 11) is 0. The average molecular weight is 204 g/mol. The Bertz CT molecular complexity index is 348. The van der Waals surface area contributed by atoms with Crippen molar-refractivity contribution in [2.75, 3.05) is 0 Å². The van der Waals surface area contributed by atoms with E-state index in [1.165, 1.54) is 11.1 Å². The van der Waals surface area contributed by atoms with Gasteiger partial charge < -0.3 is 0 Å². The third-order valence-corrected chi connectivity index (χ3v) is 4.24. The molecule has 1 nitrogen and oxygen atoms in total. The molecule has 0 bridgehead atoms. The van der Waals surface area contributed by atoms with Gasteiger partial charge in [0.15, 0.2) is 5.78 Å². The second kappa shape index (κ2) is 3.62. The molecular formula is C14H20O. The molecule has 2 atom stereocenters. The SMILES string of the molecule is CCC1=CC(=O)[C@]2(C)CCC(C)=CC[C@@H]12. The van der Waals surface area contributed by atoms with Gasteiger partial charge in [0.1, 0.15) is 0 Å². The Morgan fingerprint density at radius 1 is 1.53 bits per heavy atom. The molecule has 0 aromatic heterocycles. The molecule has 0 unspecified atom stereocenters. The maximum atomic E-state index is 12.1. The van der Waals surface area contributed by atoms with Gasteiger partial charge in [0, 0.05) is 5.41 Å². The summed E-state index contributed by atoms with van der Waals surface area (Å²) in [6, 6.07) is 0. The van der Waals surface area contributed by atoms with Crippen LogP contribution in [0.15, 0.2) is 23.3 Å². The van der Waals surface area contributed by atoms with Crippen LogP contribution in [0.4, 0.5) is 0 Å². The van der Waals surface area contributed by atoms with Gasteiger partial charge in [-0.15, -0.1) is 0 Å². The van der Waals surface area contributed by atoms with E-state index in [1.807, 2.05) is 6.08 Å². The molecule has 0 saturated heterocycles. The van der Waals surface area contributed by atoms with Gasteiger partial charge in [-0.3, -0.25) is 4.79 Å². The van der Waals surface area contributed by atoms with Gasteiger partial charge in [-0.05, 0) is 44.6 Å². The first kappa shape index (κ1) is 10.7. The lowest BCUT2D eigenvalue weighted by atomic mass is 9.72. The summed E-state index contributed by atoms with van der Waals surface area (Å²) in [5.74, 6) is 0.847. The summed E-state index contributed by atoms with van der Waals surface area (Å²) in [6.45, 7) is 6.50. The van der Waals surface area contributed by atoms with E-state index >= 15 is 0 Å². The summed E-state index contributed by atoms with van der Waals surface area (Å²) in [5.41, 5.74) is 2.72. The normalized spacial score (nSPS) is 35.7. The lowest BCUT2D eigenvalue weighted by molar-refractivity contribution is -0.123. The van der Waals surface area contributed by atoms with Crippen molar-refractivity contribution in [2.45, 2.75) is 46.5 Å². The smallest absolute Gasteiger partial charge is 0.162 e. The Morgan fingerprint density at radius 3 is 2.93 bits per heavy atom. The maximum Gasteiger partial charge on any atom is 0.162 e. The van der Waals surface area contributed by atoms with Crippen LogP contribution in [-0.2, 0) is 4.79 Å². The highest BCUT2D eigenvalue weighted by Gasteiger charge is 2.45. The van der Waals surface area contributed by atoms with E-state index in [0.29, 0.717) is 11.7 Å². The van der Waals surface area contributed by atoms with Crippen LogP contribution in [0.5, 0.6) is 0 Å². The number of carbonyl (C=O) groups is 1. The number of fused-ring (bicyclic) bond motifs is 1. The highest BCUT2D eigenvalue weighted by atomic mass is 16.1. The van der Waals surface area contributed by atoms with Gasteiger partial charge in [0.2, 0.25) is 0 Å². The predicted octanol–water partition coefficient (Wildman–Crippen LogP) is 3.66. The minimum absolute atomic E-state index is 0.0976. The lowest BCUT2D eigenvalue weighted by Gasteiger charge is -2.30. The molecule has 0 fully saturated rings. The van der Waals surface area contributed by atoms with E-state index in [4.69, 9.17) is 0 Å². The van der Waals surface area contributed by atoms with E-state index in [2.05, 4.69) is 26.8 Å². The Kier molecular flexibility index (Phi) is 2.57. The average Bonchev–Trinajstić information content (AvgIpc) is 2.34. The highest BCUT2D eigenvalue weighted by molar-refractivity contribution is 5.98. The standard InChI is InChI=1S/C14H20O/c1-4-11-9-13(15)14(3)8-7-10(2)5-6-12(11)14/h5,9,12H,4,6-8H2,1-3H3/t12-,14+/m0/s1. The molecule has 0 radical (unpaired) electrons. The molecule has 2 aliphatic carbocycles. The molecule has 0 amide bonds. The van der Waals surface area contributed by atoms with Crippen LogP contribution in [0.2, 0.25) is 0 Å². The van der Waals surface area contributed by atoms with E-state index in [0.717, 1.165) is 25.7 Å². The number of carbonyl (C=O) groups excluding carboxylic acids is 1. The number of hydrogen-bond donors (Lipinski definition) is 0. The monoisotopic (exact) mass is 204 g/mol. The van der Waals surface area contributed by atoms with Crippen molar-refractivity contribution in [2.24, 2.45) is 11.3 Å². The van der Waals surface area contributed by atoms with Gasteiger partial charge in [0.25, 0.3) is 0 Å². The van der Waals surface area contributed by atoms with Crippen LogP contribution in [0.3, 0.4) is 0 Å². The molecule has 0 saturated carbocycles. The number of ketones is 1. The van der Waals surface area contributed by atoms with E-state index < -0.39 is 0 Å². The molecule has 2 aliphatic rings. The third-order valence-electron chi connectivity index (χ3n) is 4.24. The zero-order chi connectivity index (χ0) is 11.1. The fraction of sp³-hybridized carbons (Fsp3) is 0.643. The second-order valence-electron chi connectivity index (χ2n) is 5.19. The minimum Gasteiger partial charge on any atom is -0.294 e. The van der Waals surface area contributed by atoms with Crippen molar-refractivity contribution in [1.82, 2.24) is 0 Å². The van der Waals surface area contributed by atoms with E-state index in [1.54, 1.807) is 0 Å². The van der Waals surface area contributed by atoms with Crippen molar-refractivity contribution in [3.05, 3.63) is 23.3 Å². The lowest BCUT2D eigenvalue weighted by Crippen LogP contribution is -2.29. The first-order valence-electron chi connectivity index (χ1n) is 5.98. The second-order valence-corrected chi connectivity index (χ2v) is 5.19. The van der Waals surface area contributed by atoms with Crippen molar-refractivity contribution in [1.29, 1.82) is 0 Å². The van der Waals surface area contributed by atoms with Crippen molar-refractivity contribution >= 4 is 5.78 Å². The molecule has 0 aromatic rings. The Hall–Kier alpha value is -0.850. The fourth-order valence-electron chi connectivity index (χ4n) is 2.95. The predicted molar refractivity (Wildman–Crippen MR) is 62.6 cm³/mol. The van der Waals surface area contributed by atoms with Gasteiger partial charge in [-0.2, -0.15) is 0 Å². The van der Waals surface area contributed by atoms with Crippen LogP contribution >= 0.6 is 0 Å². The molecule has 0 aliphatic heterocycles. The van der Waals surface area contributed by atoms with Crippen molar-refractivity contribution in [3.63, 3.8) is 0 Å². The summed E-state index contributed by atoms with van der Waals surface area (Å²) in [6.07, 6.45) is 8.45. The zero-order valence-electron chi connectivity index (χ0n) is 9.97. The third kappa shape index (κ3) is 1.58. The summed E-state index contributed by atoms with van der Waals surface area (Å²) in [4.78, 5) is 12.1. The Balaban J connectivity index is 2.34. The van der Waals surface area contributed by atoms with Gasteiger partial charge in [-0.25, -0.2) is 0 Å². The van der Waals surface area contributed by atoms with Crippen LogP contribution in [0.1, 0.15) is 46.5 Å². The number of hydrogen-bond acceptors (Lipinski definition) is 1. The topological polar surface area (TPSA) is 17.1 Å². The van der Waals surface area contributed by atoms with Crippen LogP contribution in [0, 0.1) is 11.3 Å². The molecule has 15 heavy (non-hydrogen) atoms. The summed E-state index contributed by atoms with van der Waals surface area (Å²) in [5, 5.41) is 0. The van der Waals surface area contributed by atoms with Gasteiger partial charge >= 0.3 is 0 Å². The molecule has 1 heteroatoms.